The van der Waals surface area contributed by atoms with Crippen molar-refractivity contribution in [3.63, 3.8) is 0 Å². The van der Waals surface area contributed by atoms with E-state index in [0.29, 0.717) is 29.9 Å². The Labute approximate surface area is 112 Å². The Morgan fingerprint density at radius 1 is 1.47 bits per heavy atom. The molecule has 0 saturated heterocycles. The summed E-state index contributed by atoms with van der Waals surface area (Å²) in [6.07, 6.45) is 3.41. The molecular weight excluding hydrogens is 243 g/mol. The lowest BCUT2D eigenvalue weighted by Crippen LogP contribution is -2.32. The van der Waals surface area contributed by atoms with Crippen LogP contribution in [0.25, 0.3) is 0 Å². The van der Waals surface area contributed by atoms with E-state index >= 15 is 0 Å². The van der Waals surface area contributed by atoms with Crippen molar-refractivity contribution in [1.82, 2.24) is 0 Å². The van der Waals surface area contributed by atoms with E-state index in [9.17, 15) is 9.18 Å². The molecule has 2 nitrogen and oxygen atoms in total. The van der Waals surface area contributed by atoms with Gasteiger partial charge in [-0.1, -0.05) is 18.7 Å². The van der Waals surface area contributed by atoms with Crippen molar-refractivity contribution in [2.75, 3.05) is 0 Å². The molecule has 100 valence electrons. The van der Waals surface area contributed by atoms with Crippen molar-refractivity contribution in [3.05, 3.63) is 47.3 Å². The molecule has 19 heavy (non-hydrogen) atoms. The second-order valence-corrected chi connectivity index (χ2v) is 5.60. The van der Waals surface area contributed by atoms with E-state index in [0.717, 1.165) is 18.4 Å². The van der Waals surface area contributed by atoms with Gasteiger partial charge in [0.15, 0.2) is 0 Å². The van der Waals surface area contributed by atoms with Crippen LogP contribution in [0.3, 0.4) is 0 Å². The number of ether oxygens (including phenoxy) is 1. The molecule has 0 aliphatic heterocycles. The topological polar surface area (TPSA) is 26.3 Å². The Morgan fingerprint density at radius 2 is 2.21 bits per heavy atom. The Kier molecular flexibility index (Phi) is 2.73. The van der Waals surface area contributed by atoms with Crippen LogP contribution in [0.1, 0.15) is 37.3 Å². The van der Waals surface area contributed by atoms with Crippen LogP contribution in [0.4, 0.5) is 4.39 Å². The molecule has 0 amide bonds. The molecule has 0 aromatic heterocycles. The third-order valence-electron chi connectivity index (χ3n) is 4.18. The second kappa shape index (κ2) is 4.19. The fourth-order valence-corrected chi connectivity index (χ4v) is 3.07. The quantitative estimate of drug-likeness (QED) is 0.614. The van der Waals surface area contributed by atoms with Gasteiger partial charge in [0.05, 0.1) is 0 Å². The lowest BCUT2D eigenvalue weighted by atomic mass is 9.90. The Hall–Kier alpha value is -1.64. The van der Waals surface area contributed by atoms with E-state index in [1.165, 1.54) is 6.07 Å². The fourth-order valence-electron chi connectivity index (χ4n) is 3.07. The molecule has 1 fully saturated rings. The second-order valence-electron chi connectivity index (χ2n) is 5.60. The van der Waals surface area contributed by atoms with Gasteiger partial charge in [-0.2, -0.15) is 0 Å². The van der Waals surface area contributed by atoms with Crippen molar-refractivity contribution in [3.8, 4) is 0 Å². The van der Waals surface area contributed by atoms with Crippen LogP contribution in [0.5, 0.6) is 0 Å². The number of esters is 1. The van der Waals surface area contributed by atoms with Gasteiger partial charge < -0.3 is 4.74 Å². The van der Waals surface area contributed by atoms with Crippen LogP contribution in [-0.4, -0.2) is 5.97 Å². The monoisotopic (exact) mass is 260 g/mol. The number of carbonyl (C=O) groups excluding carboxylic acids is 1. The summed E-state index contributed by atoms with van der Waals surface area (Å²) in [6.45, 7) is 5.28. The molecule has 0 N–H and O–H groups in total. The minimum atomic E-state index is -0.618. The molecule has 0 spiro atoms. The number of rotatable bonds is 3. The predicted octanol–water partition coefficient (Wildman–Crippen LogP) is 3.50. The van der Waals surface area contributed by atoms with Crippen LogP contribution < -0.4 is 0 Å². The van der Waals surface area contributed by atoms with Gasteiger partial charge in [-0.05, 0) is 44.2 Å². The number of carbonyl (C=O) groups is 1. The zero-order valence-corrected chi connectivity index (χ0v) is 11.0. The van der Waals surface area contributed by atoms with Crippen LogP contribution in [-0.2, 0) is 21.6 Å². The molecule has 1 saturated carbocycles. The highest BCUT2D eigenvalue weighted by atomic mass is 19.1. The average Bonchev–Trinajstić information content (AvgIpc) is 3.15. The van der Waals surface area contributed by atoms with E-state index in [4.69, 9.17) is 4.74 Å². The van der Waals surface area contributed by atoms with Crippen LogP contribution in [0, 0.1) is 11.7 Å². The molecule has 2 aliphatic rings. The zero-order valence-electron chi connectivity index (χ0n) is 11.0. The van der Waals surface area contributed by atoms with Crippen LogP contribution in [0.2, 0.25) is 0 Å². The molecule has 1 aromatic rings. The molecule has 3 rings (SSSR count). The fraction of sp³-hybridized carbons (Fsp3) is 0.438. The van der Waals surface area contributed by atoms with Crippen molar-refractivity contribution in [1.29, 1.82) is 0 Å². The van der Waals surface area contributed by atoms with Gasteiger partial charge in [0.25, 0.3) is 0 Å². The minimum Gasteiger partial charge on any atom is -0.451 e. The number of hydrogen-bond donors (Lipinski definition) is 0. The Bertz CT molecular complexity index is 560. The SMILES string of the molecule is C=C(C)C(=O)OC1(C2CC2)CCc2c(F)cccc21. The smallest absolute Gasteiger partial charge is 0.334 e. The van der Waals surface area contributed by atoms with Crippen LogP contribution >= 0.6 is 0 Å². The highest BCUT2D eigenvalue weighted by molar-refractivity contribution is 5.87. The lowest BCUT2D eigenvalue weighted by molar-refractivity contribution is -0.158. The van der Waals surface area contributed by atoms with Gasteiger partial charge in [-0.15, -0.1) is 0 Å². The highest BCUT2D eigenvalue weighted by Crippen LogP contribution is 2.55. The first-order valence-corrected chi connectivity index (χ1v) is 6.71. The first kappa shape index (κ1) is 12.4. The van der Waals surface area contributed by atoms with E-state index in [1.54, 1.807) is 13.0 Å². The molecule has 3 heteroatoms. The largest absolute Gasteiger partial charge is 0.451 e. The van der Waals surface area contributed by atoms with Crippen LogP contribution in [0.15, 0.2) is 30.4 Å². The first-order chi connectivity index (χ1) is 9.04. The van der Waals surface area contributed by atoms with E-state index < -0.39 is 5.60 Å². The molecule has 1 aromatic carbocycles. The van der Waals surface area contributed by atoms with Crippen molar-refractivity contribution < 1.29 is 13.9 Å². The summed E-state index contributed by atoms with van der Waals surface area (Å²) in [6, 6.07) is 5.07. The molecule has 2 aliphatic carbocycles. The summed E-state index contributed by atoms with van der Waals surface area (Å²) < 4.78 is 19.6. The minimum absolute atomic E-state index is 0.189. The first-order valence-electron chi connectivity index (χ1n) is 6.71. The summed E-state index contributed by atoms with van der Waals surface area (Å²) in [5, 5.41) is 0. The van der Waals surface area contributed by atoms with Crippen molar-refractivity contribution >= 4 is 5.97 Å². The normalized spacial score (nSPS) is 24.9. The number of halogens is 1. The maximum absolute atomic E-state index is 13.9. The van der Waals surface area contributed by atoms with E-state index in [1.807, 2.05) is 6.07 Å². The summed E-state index contributed by atoms with van der Waals surface area (Å²) in [5.74, 6) is -0.228. The predicted molar refractivity (Wildman–Crippen MR) is 70.0 cm³/mol. The van der Waals surface area contributed by atoms with Gasteiger partial charge in [-0.25, -0.2) is 9.18 Å². The molecule has 1 unspecified atom stereocenters. The number of hydrogen-bond acceptors (Lipinski definition) is 2. The van der Waals surface area contributed by atoms with Crippen molar-refractivity contribution in [2.24, 2.45) is 5.92 Å². The van der Waals surface area contributed by atoms with E-state index in [2.05, 4.69) is 6.58 Å². The van der Waals surface area contributed by atoms with E-state index in [-0.39, 0.29) is 11.8 Å². The van der Waals surface area contributed by atoms with Gasteiger partial charge in [0.2, 0.25) is 0 Å². The molecule has 0 bridgehead atoms. The third-order valence-corrected chi connectivity index (χ3v) is 4.18. The average molecular weight is 260 g/mol. The maximum atomic E-state index is 13.9. The van der Waals surface area contributed by atoms with Gasteiger partial charge >= 0.3 is 5.97 Å². The zero-order chi connectivity index (χ0) is 13.6. The lowest BCUT2D eigenvalue weighted by Gasteiger charge is -2.30. The van der Waals surface area contributed by atoms with Crippen molar-refractivity contribution in [2.45, 2.75) is 38.2 Å². The molecular formula is C16H17FO2. The number of benzene rings is 1. The van der Waals surface area contributed by atoms with Gasteiger partial charge in [0.1, 0.15) is 11.4 Å². The highest BCUT2D eigenvalue weighted by Gasteiger charge is 2.53. The van der Waals surface area contributed by atoms with Gasteiger partial charge in [0, 0.05) is 17.1 Å². The Balaban J connectivity index is 2.03. The summed E-state index contributed by atoms with van der Waals surface area (Å²) in [5.41, 5.74) is 1.35. The maximum Gasteiger partial charge on any atom is 0.334 e. The third kappa shape index (κ3) is 1.88. The summed E-state index contributed by atoms with van der Waals surface area (Å²) in [7, 11) is 0. The standard InChI is InChI=1S/C16H17FO2/c1-10(2)15(18)19-16(11-6-7-11)9-8-12-13(16)4-3-5-14(12)17/h3-5,11H,1,6-9H2,2H3. The molecule has 1 atom stereocenters. The molecule has 0 radical (unpaired) electrons. The van der Waals surface area contributed by atoms with Gasteiger partial charge in [-0.3, -0.25) is 0 Å². The summed E-state index contributed by atoms with van der Waals surface area (Å²) in [4.78, 5) is 11.9. The molecule has 0 heterocycles. The number of fused-ring (bicyclic) bond motifs is 1. The summed E-state index contributed by atoms with van der Waals surface area (Å²) >= 11 is 0. The Morgan fingerprint density at radius 3 is 2.84 bits per heavy atom.